The van der Waals surface area contributed by atoms with Crippen LogP contribution in [0, 0.1) is 0 Å². The molecule has 0 aliphatic rings. The molecule has 4 nitrogen and oxygen atoms in total. The van der Waals surface area contributed by atoms with Crippen molar-refractivity contribution in [2.75, 3.05) is 32.6 Å². The van der Waals surface area contributed by atoms with Crippen LogP contribution in [-0.4, -0.2) is 38.3 Å². The van der Waals surface area contributed by atoms with E-state index in [1.807, 2.05) is 19.0 Å². The standard InChI is InChI=1S/C14H25N3OS/c1-10(9-15-14(2,3)4)8-11-12(18-7)16-13(19-11)17(5)6/h8,15H,9H2,1-7H3. The molecule has 0 amide bonds. The summed E-state index contributed by atoms with van der Waals surface area (Å²) < 4.78 is 5.33. The predicted octanol–water partition coefficient (Wildman–Crippen LogP) is 3.01. The van der Waals surface area contributed by atoms with Gasteiger partial charge in [-0.05, 0) is 33.8 Å². The van der Waals surface area contributed by atoms with Gasteiger partial charge in [-0.3, -0.25) is 0 Å². The van der Waals surface area contributed by atoms with Crippen molar-refractivity contribution in [2.45, 2.75) is 33.2 Å². The van der Waals surface area contributed by atoms with E-state index in [-0.39, 0.29) is 5.54 Å². The van der Waals surface area contributed by atoms with Crippen molar-refractivity contribution in [3.05, 3.63) is 10.5 Å². The summed E-state index contributed by atoms with van der Waals surface area (Å²) >= 11 is 1.64. The molecule has 0 aliphatic heterocycles. The largest absolute Gasteiger partial charge is 0.480 e. The van der Waals surface area contributed by atoms with Gasteiger partial charge in [0, 0.05) is 26.2 Å². The molecule has 1 heterocycles. The minimum atomic E-state index is 0.127. The molecule has 1 aromatic heterocycles. The second-order valence-electron chi connectivity index (χ2n) is 5.86. The van der Waals surface area contributed by atoms with Gasteiger partial charge < -0.3 is 15.0 Å². The zero-order valence-corrected chi connectivity index (χ0v) is 13.8. The maximum atomic E-state index is 5.33. The van der Waals surface area contributed by atoms with E-state index in [1.165, 1.54) is 5.57 Å². The first-order chi connectivity index (χ1) is 8.73. The van der Waals surface area contributed by atoms with E-state index in [2.05, 4.69) is 44.1 Å². The van der Waals surface area contributed by atoms with Gasteiger partial charge in [0.25, 0.3) is 0 Å². The second kappa shape index (κ2) is 6.39. The van der Waals surface area contributed by atoms with Crippen molar-refractivity contribution >= 4 is 22.5 Å². The number of nitrogens with zero attached hydrogens (tertiary/aromatic N) is 2. The summed E-state index contributed by atoms with van der Waals surface area (Å²) in [6, 6.07) is 0. The molecule has 0 unspecified atom stereocenters. The Kier molecular flexibility index (Phi) is 5.38. The van der Waals surface area contributed by atoms with Gasteiger partial charge in [0.2, 0.25) is 5.88 Å². The number of ether oxygens (including phenoxy) is 1. The molecule has 0 radical (unpaired) electrons. The lowest BCUT2D eigenvalue weighted by molar-refractivity contribution is 0.400. The first kappa shape index (κ1) is 16.0. The van der Waals surface area contributed by atoms with Gasteiger partial charge in [0.05, 0.1) is 12.0 Å². The van der Waals surface area contributed by atoms with Gasteiger partial charge in [-0.25, -0.2) is 0 Å². The number of anilines is 1. The quantitative estimate of drug-likeness (QED) is 0.901. The average molecular weight is 283 g/mol. The van der Waals surface area contributed by atoms with Crippen LogP contribution in [0.5, 0.6) is 5.88 Å². The zero-order valence-electron chi connectivity index (χ0n) is 13.0. The molecule has 108 valence electrons. The Morgan fingerprint density at radius 1 is 1.42 bits per heavy atom. The molecule has 5 heteroatoms. The smallest absolute Gasteiger partial charge is 0.233 e. The van der Waals surface area contributed by atoms with Gasteiger partial charge in [-0.1, -0.05) is 16.9 Å². The van der Waals surface area contributed by atoms with Crippen LogP contribution in [0.25, 0.3) is 6.08 Å². The van der Waals surface area contributed by atoms with Crippen LogP contribution in [0.1, 0.15) is 32.6 Å². The summed E-state index contributed by atoms with van der Waals surface area (Å²) in [7, 11) is 5.63. The van der Waals surface area contributed by atoms with E-state index in [0.29, 0.717) is 5.88 Å². The highest BCUT2D eigenvalue weighted by Crippen LogP contribution is 2.32. The average Bonchev–Trinajstić information content (AvgIpc) is 2.69. The lowest BCUT2D eigenvalue weighted by atomic mass is 10.1. The maximum Gasteiger partial charge on any atom is 0.233 e. The number of thiazole rings is 1. The monoisotopic (exact) mass is 283 g/mol. The Hall–Kier alpha value is -1.07. The fraction of sp³-hybridized carbons (Fsp3) is 0.643. The topological polar surface area (TPSA) is 37.4 Å². The lowest BCUT2D eigenvalue weighted by Gasteiger charge is -2.20. The number of hydrogen-bond donors (Lipinski definition) is 1. The lowest BCUT2D eigenvalue weighted by Crippen LogP contribution is -2.36. The third kappa shape index (κ3) is 5.20. The number of rotatable bonds is 5. The normalized spacial score (nSPS) is 12.7. The van der Waals surface area contributed by atoms with Gasteiger partial charge in [0.1, 0.15) is 0 Å². The molecule has 0 aliphatic carbocycles. The molecule has 19 heavy (non-hydrogen) atoms. The van der Waals surface area contributed by atoms with Crippen LogP contribution < -0.4 is 15.0 Å². The van der Waals surface area contributed by atoms with E-state index >= 15 is 0 Å². The molecular weight excluding hydrogens is 258 g/mol. The first-order valence-corrected chi connectivity index (χ1v) is 7.19. The Morgan fingerprint density at radius 2 is 2.05 bits per heavy atom. The van der Waals surface area contributed by atoms with Crippen molar-refractivity contribution in [3.8, 4) is 5.88 Å². The molecule has 1 rings (SSSR count). The maximum absolute atomic E-state index is 5.33. The van der Waals surface area contributed by atoms with Gasteiger partial charge in [0.15, 0.2) is 5.13 Å². The van der Waals surface area contributed by atoms with Crippen molar-refractivity contribution in [1.29, 1.82) is 0 Å². The Labute approximate surface area is 120 Å². The van der Waals surface area contributed by atoms with Gasteiger partial charge >= 0.3 is 0 Å². The predicted molar refractivity (Wildman–Crippen MR) is 84.4 cm³/mol. The fourth-order valence-corrected chi connectivity index (χ4v) is 2.40. The molecular formula is C14H25N3OS. The van der Waals surface area contributed by atoms with Crippen molar-refractivity contribution in [2.24, 2.45) is 0 Å². The van der Waals surface area contributed by atoms with E-state index in [4.69, 9.17) is 4.74 Å². The Balaban J connectivity index is 2.84. The summed E-state index contributed by atoms with van der Waals surface area (Å²) in [6.45, 7) is 9.47. The molecule has 0 fully saturated rings. The highest BCUT2D eigenvalue weighted by molar-refractivity contribution is 7.16. The second-order valence-corrected chi connectivity index (χ2v) is 6.87. The van der Waals surface area contributed by atoms with Crippen LogP contribution in [0.3, 0.4) is 0 Å². The van der Waals surface area contributed by atoms with Crippen LogP contribution in [0.4, 0.5) is 5.13 Å². The summed E-state index contributed by atoms with van der Waals surface area (Å²) in [5.41, 5.74) is 1.39. The van der Waals surface area contributed by atoms with Gasteiger partial charge in [-0.2, -0.15) is 4.98 Å². The molecule has 0 aromatic carbocycles. The number of methoxy groups -OCH3 is 1. The van der Waals surface area contributed by atoms with E-state index in [1.54, 1.807) is 18.4 Å². The summed E-state index contributed by atoms with van der Waals surface area (Å²) in [6.07, 6.45) is 2.14. The molecule has 0 saturated heterocycles. The third-order valence-corrected chi connectivity index (χ3v) is 3.61. The first-order valence-electron chi connectivity index (χ1n) is 6.37. The zero-order chi connectivity index (χ0) is 14.6. The molecule has 0 atom stereocenters. The highest BCUT2D eigenvalue weighted by Gasteiger charge is 2.12. The number of aromatic nitrogens is 1. The molecule has 0 saturated carbocycles. The van der Waals surface area contributed by atoms with Crippen LogP contribution in [-0.2, 0) is 0 Å². The molecule has 0 bridgehead atoms. The van der Waals surface area contributed by atoms with Crippen molar-refractivity contribution in [1.82, 2.24) is 10.3 Å². The van der Waals surface area contributed by atoms with Crippen LogP contribution in [0.15, 0.2) is 5.57 Å². The summed E-state index contributed by atoms with van der Waals surface area (Å²) in [4.78, 5) is 7.51. The Bertz CT molecular complexity index is 444. The van der Waals surface area contributed by atoms with Crippen LogP contribution >= 0.6 is 11.3 Å². The fourth-order valence-electron chi connectivity index (χ4n) is 1.41. The minimum absolute atomic E-state index is 0.127. The number of hydrogen-bond acceptors (Lipinski definition) is 5. The molecule has 0 spiro atoms. The SMILES string of the molecule is COc1nc(N(C)C)sc1C=C(C)CNC(C)(C)C. The minimum Gasteiger partial charge on any atom is -0.480 e. The van der Waals surface area contributed by atoms with Crippen molar-refractivity contribution in [3.63, 3.8) is 0 Å². The molecule has 1 N–H and O–H groups in total. The van der Waals surface area contributed by atoms with E-state index in [0.717, 1.165) is 16.6 Å². The van der Waals surface area contributed by atoms with E-state index < -0.39 is 0 Å². The highest BCUT2D eigenvalue weighted by atomic mass is 32.1. The summed E-state index contributed by atoms with van der Waals surface area (Å²) in [5.74, 6) is 0.698. The Morgan fingerprint density at radius 3 is 2.53 bits per heavy atom. The van der Waals surface area contributed by atoms with Gasteiger partial charge in [-0.15, -0.1) is 0 Å². The van der Waals surface area contributed by atoms with Crippen LogP contribution in [0.2, 0.25) is 0 Å². The number of nitrogens with one attached hydrogen (secondary N) is 1. The third-order valence-electron chi connectivity index (χ3n) is 2.46. The summed E-state index contributed by atoms with van der Waals surface area (Å²) in [5, 5.41) is 4.43. The van der Waals surface area contributed by atoms with E-state index in [9.17, 15) is 0 Å². The van der Waals surface area contributed by atoms with Crippen molar-refractivity contribution < 1.29 is 4.74 Å². The molecule has 1 aromatic rings.